The van der Waals surface area contributed by atoms with Gasteiger partial charge in [-0.3, -0.25) is 4.57 Å². The van der Waals surface area contributed by atoms with Crippen LogP contribution in [-0.4, -0.2) is 9.55 Å². The summed E-state index contributed by atoms with van der Waals surface area (Å²) in [6, 6.07) is 17.5. The highest BCUT2D eigenvalue weighted by Gasteiger charge is 2.10. The number of H-pyrrole nitrogens is 1. The smallest absolute Gasteiger partial charge is 0.326 e. The van der Waals surface area contributed by atoms with Crippen LogP contribution in [0.1, 0.15) is 5.56 Å². The largest absolute Gasteiger partial charge is 0.330 e. The number of nitrogens with zero attached hydrogens (tertiary/aromatic N) is 1. The second-order valence-corrected chi connectivity index (χ2v) is 4.55. The van der Waals surface area contributed by atoms with Crippen LogP contribution in [0.3, 0.4) is 0 Å². The predicted octanol–water partition coefficient (Wildman–Crippen LogP) is 2.29. The number of nitrogens with two attached hydrogens (primary N) is 1. The maximum absolute atomic E-state index is 12.1. The fourth-order valence-corrected chi connectivity index (χ4v) is 2.27. The van der Waals surface area contributed by atoms with E-state index in [0.717, 1.165) is 22.5 Å². The molecule has 4 nitrogen and oxygen atoms in total. The van der Waals surface area contributed by atoms with Gasteiger partial charge >= 0.3 is 5.69 Å². The van der Waals surface area contributed by atoms with Crippen molar-refractivity contribution in [3.63, 3.8) is 0 Å². The van der Waals surface area contributed by atoms with E-state index in [2.05, 4.69) is 4.98 Å². The van der Waals surface area contributed by atoms with E-state index in [4.69, 9.17) is 5.73 Å². The Labute approximate surface area is 116 Å². The summed E-state index contributed by atoms with van der Waals surface area (Å²) < 4.78 is 1.66. The monoisotopic (exact) mass is 265 g/mol. The van der Waals surface area contributed by atoms with Crippen LogP contribution in [-0.2, 0) is 6.54 Å². The first kappa shape index (κ1) is 12.4. The van der Waals surface area contributed by atoms with E-state index in [1.165, 1.54) is 0 Å². The lowest BCUT2D eigenvalue weighted by Gasteiger charge is -2.08. The summed E-state index contributed by atoms with van der Waals surface area (Å²) in [5.74, 6) is 0. The van der Waals surface area contributed by atoms with Crippen LogP contribution in [0.2, 0.25) is 0 Å². The molecular formula is C16H15N3O. The van der Waals surface area contributed by atoms with Crippen molar-refractivity contribution in [3.8, 4) is 16.9 Å². The normalized spacial score (nSPS) is 10.7. The maximum atomic E-state index is 12.1. The van der Waals surface area contributed by atoms with Gasteiger partial charge in [-0.2, -0.15) is 0 Å². The first-order valence-corrected chi connectivity index (χ1v) is 6.45. The molecule has 3 N–H and O–H groups in total. The second kappa shape index (κ2) is 5.19. The molecule has 0 unspecified atom stereocenters. The lowest BCUT2D eigenvalue weighted by Crippen LogP contribution is -2.16. The first-order chi connectivity index (χ1) is 9.79. The summed E-state index contributed by atoms with van der Waals surface area (Å²) in [5.41, 5.74) is 9.15. The Morgan fingerprint density at radius 3 is 2.60 bits per heavy atom. The first-order valence-electron chi connectivity index (χ1n) is 6.45. The zero-order valence-corrected chi connectivity index (χ0v) is 10.9. The third-order valence-electron chi connectivity index (χ3n) is 3.25. The SMILES string of the molecule is NCc1cccc(-n2c(-c3ccccc3)c[nH]c2=O)c1. The quantitative estimate of drug-likeness (QED) is 0.763. The molecule has 0 aliphatic heterocycles. The summed E-state index contributed by atoms with van der Waals surface area (Å²) in [7, 11) is 0. The minimum absolute atomic E-state index is 0.155. The fraction of sp³-hybridized carbons (Fsp3) is 0.0625. The van der Waals surface area contributed by atoms with Gasteiger partial charge in [0.1, 0.15) is 0 Å². The number of hydrogen-bond acceptors (Lipinski definition) is 2. The molecular weight excluding hydrogens is 250 g/mol. The van der Waals surface area contributed by atoms with E-state index in [0.29, 0.717) is 6.54 Å². The molecule has 0 bridgehead atoms. The van der Waals surface area contributed by atoms with Gasteiger partial charge in [0.25, 0.3) is 0 Å². The van der Waals surface area contributed by atoms with E-state index in [1.807, 2.05) is 54.6 Å². The molecule has 3 aromatic rings. The molecule has 0 radical (unpaired) electrons. The molecule has 1 heterocycles. The molecule has 3 rings (SSSR count). The maximum Gasteiger partial charge on any atom is 0.330 e. The van der Waals surface area contributed by atoms with Crippen LogP contribution >= 0.6 is 0 Å². The fourth-order valence-electron chi connectivity index (χ4n) is 2.27. The zero-order valence-electron chi connectivity index (χ0n) is 10.9. The van der Waals surface area contributed by atoms with Crippen molar-refractivity contribution in [2.75, 3.05) is 0 Å². The number of aromatic amines is 1. The second-order valence-electron chi connectivity index (χ2n) is 4.55. The van der Waals surface area contributed by atoms with Crippen molar-refractivity contribution >= 4 is 0 Å². The van der Waals surface area contributed by atoms with Crippen LogP contribution in [0.4, 0.5) is 0 Å². The molecule has 0 amide bonds. The Morgan fingerprint density at radius 2 is 1.85 bits per heavy atom. The topological polar surface area (TPSA) is 63.8 Å². The molecule has 100 valence electrons. The lowest BCUT2D eigenvalue weighted by atomic mass is 10.1. The standard InChI is InChI=1S/C16H15N3O/c17-10-12-5-4-8-14(9-12)19-15(11-18-16(19)20)13-6-2-1-3-7-13/h1-9,11H,10,17H2,(H,18,20). The third-order valence-corrected chi connectivity index (χ3v) is 3.25. The Hall–Kier alpha value is -2.59. The summed E-state index contributed by atoms with van der Waals surface area (Å²) in [5, 5.41) is 0. The van der Waals surface area contributed by atoms with Gasteiger partial charge in [0, 0.05) is 18.3 Å². The van der Waals surface area contributed by atoms with Gasteiger partial charge in [0.2, 0.25) is 0 Å². The van der Waals surface area contributed by atoms with Crippen molar-refractivity contribution in [2.24, 2.45) is 5.73 Å². The average Bonchev–Trinajstić information content (AvgIpc) is 2.90. The van der Waals surface area contributed by atoms with Gasteiger partial charge in [-0.25, -0.2) is 4.79 Å². The van der Waals surface area contributed by atoms with E-state index in [-0.39, 0.29) is 5.69 Å². The summed E-state index contributed by atoms with van der Waals surface area (Å²) in [6.07, 6.45) is 1.73. The van der Waals surface area contributed by atoms with E-state index < -0.39 is 0 Å². The minimum atomic E-state index is -0.155. The van der Waals surface area contributed by atoms with Gasteiger partial charge in [0.05, 0.1) is 11.4 Å². The molecule has 1 aromatic heterocycles. The Morgan fingerprint density at radius 1 is 1.05 bits per heavy atom. The van der Waals surface area contributed by atoms with E-state index in [9.17, 15) is 4.79 Å². The molecule has 0 aliphatic carbocycles. The molecule has 0 aliphatic rings. The Balaban J connectivity index is 2.19. The Kier molecular flexibility index (Phi) is 3.23. The number of nitrogens with one attached hydrogen (secondary N) is 1. The molecule has 2 aromatic carbocycles. The predicted molar refractivity (Wildman–Crippen MR) is 79.7 cm³/mol. The zero-order chi connectivity index (χ0) is 13.9. The van der Waals surface area contributed by atoms with Gasteiger partial charge in [-0.05, 0) is 17.7 Å². The number of benzene rings is 2. The molecule has 0 saturated heterocycles. The summed E-state index contributed by atoms with van der Waals surface area (Å²) >= 11 is 0. The van der Waals surface area contributed by atoms with E-state index in [1.54, 1.807) is 10.8 Å². The van der Waals surface area contributed by atoms with Crippen LogP contribution < -0.4 is 11.4 Å². The van der Waals surface area contributed by atoms with Crippen molar-refractivity contribution in [3.05, 3.63) is 76.8 Å². The molecule has 0 saturated carbocycles. The van der Waals surface area contributed by atoms with Crippen LogP contribution in [0.15, 0.2) is 65.6 Å². The Bertz CT molecular complexity index is 772. The average molecular weight is 265 g/mol. The van der Waals surface area contributed by atoms with Gasteiger partial charge in [-0.1, -0.05) is 42.5 Å². The number of aromatic nitrogens is 2. The van der Waals surface area contributed by atoms with Crippen LogP contribution in [0.25, 0.3) is 16.9 Å². The number of rotatable bonds is 3. The highest BCUT2D eigenvalue weighted by Crippen LogP contribution is 2.20. The van der Waals surface area contributed by atoms with Crippen molar-refractivity contribution in [1.29, 1.82) is 0 Å². The van der Waals surface area contributed by atoms with Gasteiger partial charge in [-0.15, -0.1) is 0 Å². The number of imidazole rings is 1. The van der Waals surface area contributed by atoms with Crippen LogP contribution in [0, 0.1) is 0 Å². The van der Waals surface area contributed by atoms with Gasteiger partial charge < -0.3 is 10.7 Å². The summed E-state index contributed by atoms with van der Waals surface area (Å²) in [4.78, 5) is 14.8. The molecule has 20 heavy (non-hydrogen) atoms. The number of hydrogen-bond donors (Lipinski definition) is 2. The van der Waals surface area contributed by atoms with Crippen molar-refractivity contribution in [1.82, 2.24) is 9.55 Å². The van der Waals surface area contributed by atoms with Crippen LogP contribution in [0.5, 0.6) is 0 Å². The molecule has 0 fully saturated rings. The molecule has 0 atom stereocenters. The van der Waals surface area contributed by atoms with Gasteiger partial charge in [0.15, 0.2) is 0 Å². The van der Waals surface area contributed by atoms with Crippen molar-refractivity contribution in [2.45, 2.75) is 6.54 Å². The van der Waals surface area contributed by atoms with E-state index >= 15 is 0 Å². The highest BCUT2D eigenvalue weighted by molar-refractivity contribution is 5.61. The minimum Gasteiger partial charge on any atom is -0.326 e. The third kappa shape index (κ3) is 2.17. The lowest BCUT2D eigenvalue weighted by molar-refractivity contribution is 0.980. The van der Waals surface area contributed by atoms with Crippen molar-refractivity contribution < 1.29 is 0 Å². The summed E-state index contributed by atoms with van der Waals surface area (Å²) in [6.45, 7) is 0.452. The highest BCUT2D eigenvalue weighted by atomic mass is 16.1. The molecule has 0 spiro atoms. The molecule has 4 heteroatoms.